The third kappa shape index (κ3) is 2.90. The zero-order valence-electron chi connectivity index (χ0n) is 8.91. The molecule has 0 saturated carbocycles. The zero-order chi connectivity index (χ0) is 10.6. The minimum atomic E-state index is -0.157. The van der Waals surface area contributed by atoms with E-state index in [1.807, 2.05) is 50.3 Å². The molecule has 4 heteroatoms. The molecule has 1 unspecified atom stereocenters. The van der Waals surface area contributed by atoms with E-state index in [0.29, 0.717) is 0 Å². The van der Waals surface area contributed by atoms with Gasteiger partial charge in [0.25, 0.3) is 0 Å². The highest BCUT2D eigenvalue weighted by atomic mass is 15.3. The molecule has 0 amide bonds. The van der Waals surface area contributed by atoms with Gasteiger partial charge in [0.05, 0.1) is 0 Å². The molecular formula is C10H18N4. The van der Waals surface area contributed by atoms with E-state index in [0.717, 1.165) is 11.4 Å². The Hall–Kier alpha value is -1.26. The highest BCUT2D eigenvalue weighted by Gasteiger charge is 2.03. The van der Waals surface area contributed by atoms with E-state index in [1.165, 1.54) is 0 Å². The lowest BCUT2D eigenvalue weighted by atomic mass is 10.3. The van der Waals surface area contributed by atoms with Crippen molar-refractivity contribution in [3.63, 3.8) is 0 Å². The van der Waals surface area contributed by atoms with Gasteiger partial charge >= 0.3 is 0 Å². The minimum Gasteiger partial charge on any atom is -0.388 e. The summed E-state index contributed by atoms with van der Waals surface area (Å²) in [5.41, 5.74) is 7.93. The van der Waals surface area contributed by atoms with E-state index >= 15 is 0 Å². The van der Waals surface area contributed by atoms with Gasteiger partial charge in [-0.25, -0.2) is 0 Å². The molecule has 78 valence electrons. The van der Waals surface area contributed by atoms with E-state index in [-0.39, 0.29) is 6.29 Å². The molecule has 0 aromatic heterocycles. The molecule has 0 aliphatic carbocycles. The Morgan fingerprint density at radius 2 is 1.64 bits per heavy atom. The molecule has 4 nitrogen and oxygen atoms in total. The van der Waals surface area contributed by atoms with E-state index in [9.17, 15) is 0 Å². The predicted octanol–water partition coefficient (Wildman–Crippen LogP) is 0.944. The highest BCUT2D eigenvalue weighted by molar-refractivity contribution is 5.53. The number of anilines is 2. The van der Waals surface area contributed by atoms with E-state index < -0.39 is 0 Å². The van der Waals surface area contributed by atoms with Crippen molar-refractivity contribution in [3.05, 3.63) is 24.3 Å². The second kappa shape index (κ2) is 4.83. The Morgan fingerprint density at radius 1 is 1.14 bits per heavy atom. The van der Waals surface area contributed by atoms with Gasteiger partial charge in [0, 0.05) is 18.4 Å². The van der Waals surface area contributed by atoms with Crippen LogP contribution in [0.5, 0.6) is 0 Å². The number of hydrogen-bond acceptors (Lipinski definition) is 4. The van der Waals surface area contributed by atoms with E-state index in [2.05, 4.69) is 10.6 Å². The predicted molar refractivity (Wildman–Crippen MR) is 61.3 cm³/mol. The molecule has 1 aromatic carbocycles. The molecule has 1 atom stereocenters. The fourth-order valence-corrected chi connectivity index (χ4v) is 1.03. The lowest BCUT2D eigenvalue weighted by molar-refractivity contribution is 0.330. The SMILES string of the molecule is CNc1ccc(NC(N)N(C)C)cc1. The van der Waals surface area contributed by atoms with Crippen LogP contribution >= 0.6 is 0 Å². The van der Waals surface area contributed by atoms with Crippen molar-refractivity contribution in [1.29, 1.82) is 0 Å². The molecule has 0 saturated heterocycles. The third-order valence-electron chi connectivity index (χ3n) is 2.04. The van der Waals surface area contributed by atoms with Crippen LogP contribution in [0.1, 0.15) is 0 Å². The van der Waals surface area contributed by atoms with Crippen molar-refractivity contribution < 1.29 is 0 Å². The molecule has 0 bridgehead atoms. The van der Waals surface area contributed by atoms with Gasteiger partial charge in [0.2, 0.25) is 0 Å². The molecule has 0 aliphatic rings. The largest absolute Gasteiger partial charge is 0.388 e. The normalized spacial score (nSPS) is 12.6. The Labute approximate surface area is 85.1 Å². The molecule has 4 N–H and O–H groups in total. The molecule has 0 fully saturated rings. The van der Waals surface area contributed by atoms with Gasteiger partial charge < -0.3 is 10.6 Å². The third-order valence-corrected chi connectivity index (χ3v) is 2.04. The van der Waals surface area contributed by atoms with Crippen LogP contribution in [0.3, 0.4) is 0 Å². The van der Waals surface area contributed by atoms with Crippen molar-refractivity contribution >= 4 is 11.4 Å². The van der Waals surface area contributed by atoms with E-state index in [4.69, 9.17) is 5.73 Å². The van der Waals surface area contributed by atoms with Gasteiger partial charge in [0.15, 0.2) is 0 Å². The van der Waals surface area contributed by atoms with E-state index in [1.54, 1.807) is 0 Å². The molecule has 1 aromatic rings. The number of benzene rings is 1. The Kier molecular flexibility index (Phi) is 3.73. The van der Waals surface area contributed by atoms with Gasteiger partial charge in [-0.3, -0.25) is 10.6 Å². The van der Waals surface area contributed by atoms with Gasteiger partial charge in [-0.15, -0.1) is 0 Å². The first-order valence-electron chi connectivity index (χ1n) is 4.60. The van der Waals surface area contributed by atoms with Crippen LogP contribution < -0.4 is 16.4 Å². The summed E-state index contributed by atoms with van der Waals surface area (Å²) < 4.78 is 0. The lowest BCUT2D eigenvalue weighted by Gasteiger charge is -2.21. The Morgan fingerprint density at radius 3 is 2.07 bits per heavy atom. The van der Waals surface area contributed by atoms with Crippen LogP contribution in [0.4, 0.5) is 11.4 Å². The molecule has 0 aliphatic heterocycles. The maximum Gasteiger partial charge on any atom is 0.131 e. The quantitative estimate of drug-likeness (QED) is 0.624. The molecule has 0 heterocycles. The van der Waals surface area contributed by atoms with Crippen molar-refractivity contribution in [2.75, 3.05) is 31.8 Å². The van der Waals surface area contributed by atoms with Crippen LogP contribution in [-0.4, -0.2) is 32.3 Å². The summed E-state index contributed by atoms with van der Waals surface area (Å²) in [7, 11) is 5.76. The summed E-state index contributed by atoms with van der Waals surface area (Å²) in [5, 5.41) is 6.23. The maximum absolute atomic E-state index is 5.82. The Bertz CT molecular complexity index is 268. The molecular weight excluding hydrogens is 176 g/mol. The van der Waals surface area contributed by atoms with Crippen LogP contribution in [0, 0.1) is 0 Å². The summed E-state index contributed by atoms with van der Waals surface area (Å²) >= 11 is 0. The standard InChI is InChI=1S/C10H18N4/c1-12-8-4-6-9(7-5-8)13-10(11)14(2)3/h4-7,10,12-13H,11H2,1-3H3. The van der Waals surface area contributed by atoms with Crippen LogP contribution in [0.25, 0.3) is 0 Å². The summed E-state index contributed by atoms with van der Waals surface area (Å²) in [6, 6.07) is 8.00. The van der Waals surface area contributed by atoms with Gasteiger partial charge in [-0.2, -0.15) is 0 Å². The number of nitrogens with zero attached hydrogens (tertiary/aromatic N) is 1. The maximum atomic E-state index is 5.82. The number of rotatable bonds is 4. The van der Waals surface area contributed by atoms with Crippen molar-refractivity contribution in [2.45, 2.75) is 6.29 Å². The summed E-state index contributed by atoms with van der Waals surface area (Å²) in [6.45, 7) is 0. The summed E-state index contributed by atoms with van der Waals surface area (Å²) in [5.74, 6) is 0. The first-order chi connectivity index (χ1) is 6.63. The fourth-order valence-electron chi connectivity index (χ4n) is 1.03. The first kappa shape index (κ1) is 10.8. The zero-order valence-corrected chi connectivity index (χ0v) is 8.91. The summed E-state index contributed by atoms with van der Waals surface area (Å²) in [4.78, 5) is 1.91. The van der Waals surface area contributed by atoms with Crippen LogP contribution in [0.15, 0.2) is 24.3 Å². The van der Waals surface area contributed by atoms with Crippen LogP contribution in [-0.2, 0) is 0 Å². The smallest absolute Gasteiger partial charge is 0.131 e. The monoisotopic (exact) mass is 194 g/mol. The minimum absolute atomic E-state index is 0.157. The molecule has 14 heavy (non-hydrogen) atoms. The summed E-state index contributed by atoms with van der Waals surface area (Å²) in [6.07, 6.45) is -0.157. The average Bonchev–Trinajstić information content (AvgIpc) is 2.19. The highest BCUT2D eigenvalue weighted by Crippen LogP contribution is 2.13. The van der Waals surface area contributed by atoms with Crippen molar-refractivity contribution in [3.8, 4) is 0 Å². The van der Waals surface area contributed by atoms with Crippen molar-refractivity contribution in [1.82, 2.24) is 4.90 Å². The average molecular weight is 194 g/mol. The number of nitrogens with two attached hydrogens (primary N) is 1. The van der Waals surface area contributed by atoms with Gasteiger partial charge in [-0.1, -0.05) is 0 Å². The Balaban J connectivity index is 2.59. The molecule has 0 radical (unpaired) electrons. The number of nitrogens with one attached hydrogen (secondary N) is 2. The number of hydrogen-bond donors (Lipinski definition) is 3. The topological polar surface area (TPSA) is 53.3 Å². The van der Waals surface area contributed by atoms with Crippen LogP contribution in [0.2, 0.25) is 0 Å². The van der Waals surface area contributed by atoms with Gasteiger partial charge in [0.1, 0.15) is 6.29 Å². The second-order valence-electron chi connectivity index (χ2n) is 3.38. The second-order valence-corrected chi connectivity index (χ2v) is 3.38. The van der Waals surface area contributed by atoms with Crippen molar-refractivity contribution in [2.24, 2.45) is 5.73 Å². The fraction of sp³-hybridized carbons (Fsp3) is 0.400. The molecule has 1 rings (SSSR count). The van der Waals surface area contributed by atoms with Gasteiger partial charge in [-0.05, 0) is 38.4 Å². The lowest BCUT2D eigenvalue weighted by Crippen LogP contribution is -2.42. The first-order valence-corrected chi connectivity index (χ1v) is 4.60. The molecule has 0 spiro atoms.